The second-order valence-corrected chi connectivity index (χ2v) is 9.22. The van der Waals surface area contributed by atoms with E-state index in [1.54, 1.807) is 0 Å². The second-order valence-electron chi connectivity index (χ2n) is 9.22. The molecule has 7 nitrogen and oxygen atoms in total. The minimum Gasteiger partial charge on any atom is -0.462 e. The minimum absolute atomic E-state index is 0.00756. The highest BCUT2D eigenvalue weighted by Crippen LogP contribution is 2.74. The van der Waals surface area contributed by atoms with Crippen LogP contribution in [0.1, 0.15) is 46.5 Å². The zero-order valence-corrected chi connectivity index (χ0v) is 16.3. The lowest BCUT2D eigenvalue weighted by molar-refractivity contribution is -0.181. The van der Waals surface area contributed by atoms with Crippen LogP contribution in [0.3, 0.4) is 0 Å². The molecule has 152 valence electrons. The highest BCUT2D eigenvalue weighted by Gasteiger charge is 2.78. The van der Waals surface area contributed by atoms with Gasteiger partial charge in [0.15, 0.2) is 6.29 Å². The first kappa shape index (κ1) is 19.2. The summed E-state index contributed by atoms with van der Waals surface area (Å²) in [5.74, 6) is 0.467. The van der Waals surface area contributed by atoms with Gasteiger partial charge in [0.1, 0.15) is 19.3 Å². The molecule has 7 heteroatoms. The minimum atomic E-state index is -0.897. The Morgan fingerprint density at radius 2 is 2.15 bits per heavy atom. The van der Waals surface area contributed by atoms with Gasteiger partial charge in [-0.1, -0.05) is 20.8 Å². The Bertz CT molecular complexity index is 617. The van der Waals surface area contributed by atoms with Crippen LogP contribution in [0.5, 0.6) is 0 Å². The van der Waals surface area contributed by atoms with Crippen LogP contribution in [0.15, 0.2) is 0 Å². The van der Waals surface area contributed by atoms with Crippen LogP contribution in [0.4, 0.5) is 0 Å². The third kappa shape index (κ3) is 2.89. The summed E-state index contributed by atoms with van der Waals surface area (Å²) in [5.41, 5.74) is -0.351. The van der Waals surface area contributed by atoms with Gasteiger partial charge in [0.2, 0.25) is 0 Å². The van der Waals surface area contributed by atoms with Gasteiger partial charge in [0.05, 0.1) is 18.6 Å². The molecule has 4 fully saturated rings. The molecule has 7 atom stereocenters. The summed E-state index contributed by atoms with van der Waals surface area (Å²) < 4.78 is 21.9. The summed E-state index contributed by atoms with van der Waals surface area (Å²) in [6.45, 7) is 5.87. The number of aliphatic hydroxyl groups excluding tert-OH is 1. The van der Waals surface area contributed by atoms with Crippen molar-refractivity contribution in [3.8, 4) is 0 Å². The van der Waals surface area contributed by atoms with Gasteiger partial charge < -0.3 is 24.1 Å². The molecule has 0 radical (unpaired) electrons. The van der Waals surface area contributed by atoms with Crippen molar-refractivity contribution in [1.29, 1.82) is 0 Å². The summed E-state index contributed by atoms with van der Waals surface area (Å²) in [5, 5.41) is 9.95. The van der Waals surface area contributed by atoms with Crippen LogP contribution in [-0.4, -0.2) is 55.4 Å². The molecule has 1 saturated heterocycles. The molecular weight excluding hydrogens is 352 g/mol. The number of fused-ring (bicyclic) bond motifs is 1. The van der Waals surface area contributed by atoms with Gasteiger partial charge in [-0.05, 0) is 37.5 Å². The first-order valence-electron chi connectivity index (χ1n) is 10.1. The molecule has 3 saturated carbocycles. The van der Waals surface area contributed by atoms with Crippen molar-refractivity contribution in [2.75, 3.05) is 19.8 Å². The number of hydrogen-bond acceptors (Lipinski definition) is 7. The summed E-state index contributed by atoms with van der Waals surface area (Å²) in [6, 6.07) is 0. The van der Waals surface area contributed by atoms with Gasteiger partial charge in [-0.3, -0.25) is 4.79 Å². The van der Waals surface area contributed by atoms with Gasteiger partial charge in [-0.15, -0.1) is 0 Å². The fourth-order valence-corrected chi connectivity index (χ4v) is 5.57. The molecule has 4 aliphatic rings. The van der Waals surface area contributed by atoms with E-state index in [9.17, 15) is 14.7 Å². The summed E-state index contributed by atoms with van der Waals surface area (Å²) in [7, 11) is 0. The van der Waals surface area contributed by atoms with E-state index in [4.69, 9.17) is 18.9 Å². The summed E-state index contributed by atoms with van der Waals surface area (Å²) >= 11 is 0. The van der Waals surface area contributed by atoms with Gasteiger partial charge in [0.25, 0.3) is 0 Å². The number of aliphatic hydroxyl groups is 1. The maximum absolute atomic E-state index is 12.0. The summed E-state index contributed by atoms with van der Waals surface area (Å²) in [4.78, 5) is 24.0. The van der Waals surface area contributed by atoms with Crippen molar-refractivity contribution >= 4 is 11.9 Å². The van der Waals surface area contributed by atoms with Crippen molar-refractivity contribution in [2.45, 2.75) is 65.0 Å². The SMILES string of the molecule is CCC(C)(C)C(O)OCCOC(=O)COC1C2CC3CC4C(=O)OC1C34C2. The number of hydrogen-bond donors (Lipinski definition) is 1. The van der Waals surface area contributed by atoms with Crippen LogP contribution in [0.2, 0.25) is 0 Å². The van der Waals surface area contributed by atoms with Gasteiger partial charge in [-0.25, -0.2) is 4.79 Å². The highest BCUT2D eigenvalue weighted by molar-refractivity contribution is 5.79. The molecule has 1 N–H and O–H groups in total. The van der Waals surface area contributed by atoms with E-state index >= 15 is 0 Å². The highest BCUT2D eigenvalue weighted by atomic mass is 16.6. The van der Waals surface area contributed by atoms with Crippen LogP contribution < -0.4 is 0 Å². The fraction of sp³-hybridized carbons (Fsp3) is 0.900. The van der Waals surface area contributed by atoms with E-state index in [0.29, 0.717) is 11.8 Å². The predicted octanol–water partition coefficient (Wildman–Crippen LogP) is 1.66. The molecule has 7 unspecified atom stereocenters. The Morgan fingerprint density at radius 1 is 1.37 bits per heavy atom. The molecule has 27 heavy (non-hydrogen) atoms. The normalized spacial score (nSPS) is 39.7. The second kappa shape index (κ2) is 6.71. The Kier molecular flexibility index (Phi) is 4.76. The number of ether oxygens (including phenoxy) is 4. The molecule has 1 spiro atoms. The molecule has 3 aliphatic carbocycles. The lowest BCUT2D eigenvalue weighted by Crippen LogP contribution is -2.53. The smallest absolute Gasteiger partial charge is 0.332 e. The van der Waals surface area contributed by atoms with Crippen molar-refractivity contribution in [3.63, 3.8) is 0 Å². The quantitative estimate of drug-likeness (QED) is 0.368. The number of carbonyl (C=O) groups is 2. The molecule has 1 aliphatic heterocycles. The van der Waals surface area contributed by atoms with E-state index in [1.807, 2.05) is 20.8 Å². The van der Waals surface area contributed by atoms with Gasteiger partial charge in [-0.2, -0.15) is 0 Å². The Labute approximate surface area is 159 Å². The van der Waals surface area contributed by atoms with Crippen LogP contribution >= 0.6 is 0 Å². The Balaban J connectivity index is 1.18. The van der Waals surface area contributed by atoms with E-state index in [0.717, 1.165) is 25.7 Å². The first-order chi connectivity index (χ1) is 12.8. The lowest BCUT2D eigenvalue weighted by atomic mass is 9.53. The predicted molar refractivity (Wildman–Crippen MR) is 93.4 cm³/mol. The zero-order valence-electron chi connectivity index (χ0n) is 16.3. The van der Waals surface area contributed by atoms with Crippen LogP contribution in [0, 0.1) is 28.6 Å². The number of rotatable bonds is 9. The lowest BCUT2D eigenvalue weighted by Gasteiger charge is -2.48. The average molecular weight is 382 g/mol. The maximum Gasteiger partial charge on any atom is 0.332 e. The number of carbonyl (C=O) groups excluding carboxylic acids is 2. The fourth-order valence-electron chi connectivity index (χ4n) is 5.57. The largest absolute Gasteiger partial charge is 0.462 e. The van der Waals surface area contributed by atoms with Gasteiger partial charge in [0, 0.05) is 10.8 Å². The molecule has 0 aromatic heterocycles. The Morgan fingerprint density at radius 3 is 2.89 bits per heavy atom. The van der Waals surface area contributed by atoms with Crippen molar-refractivity contribution in [2.24, 2.45) is 28.6 Å². The molecule has 1 heterocycles. The third-order valence-corrected chi connectivity index (χ3v) is 7.55. The molecule has 4 rings (SSSR count). The van der Waals surface area contributed by atoms with Gasteiger partial charge >= 0.3 is 11.9 Å². The third-order valence-electron chi connectivity index (χ3n) is 7.55. The first-order valence-corrected chi connectivity index (χ1v) is 10.1. The Hall–Kier alpha value is -1.18. The molecular formula is C20H30O7. The zero-order chi connectivity index (χ0) is 19.4. The molecule has 0 aromatic carbocycles. The molecule has 0 amide bonds. The number of esters is 2. The van der Waals surface area contributed by atoms with E-state index in [-0.39, 0.29) is 54.7 Å². The van der Waals surface area contributed by atoms with Crippen LogP contribution in [-0.2, 0) is 28.5 Å². The van der Waals surface area contributed by atoms with Crippen molar-refractivity contribution < 1.29 is 33.6 Å². The topological polar surface area (TPSA) is 91.3 Å². The monoisotopic (exact) mass is 382 g/mol. The summed E-state index contributed by atoms with van der Waals surface area (Å²) in [6.07, 6.45) is 2.52. The molecule has 0 aromatic rings. The van der Waals surface area contributed by atoms with E-state index < -0.39 is 12.3 Å². The maximum atomic E-state index is 12.0. The van der Waals surface area contributed by atoms with Crippen molar-refractivity contribution in [1.82, 2.24) is 0 Å². The molecule has 2 bridgehead atoms. The van der Waals surface area contributed by atoms with Crippen molar-refractivity contribution in [3.05, 3.63) is 0 Å². The average Bonchev–Trinajstić information content (AvgIpc) is 3.18. The van der Waals surface area contributed by atoms with E-state index in [1.165, 1.54) is 0 Å². The standard InChI is InChI=1S/C20H30O7/c1-4-19(2,3)18(23)25-6-5-24-14(21)10-26-15-11-7-12-8-13-17(22)27-16(15)20(12,13)9-11/h11-13,15-16,18,23H,4-10H2,1-3H3. The van der Waals surface area contributed by atoms with E-state index in [2.05, 4.69) is 0 Å². The van der Waals surface area contributed by atoms with Crippen LogP contribution in [0.25, 0.3) is 0 Å².